The highest BCUT2D eigenvalue weighted by atomic mass is 32.1. The van der Waals surface area contributed by atoms with Crippen molar-refractivity contribution in [1.29, 1.82) is 0 Å². The first-order valence-corrected chi connectivity index (χ1v) is 11.2. The third-order valence-corrected chi connectivity index (χ3v) is 6.69. The summed E-state index contributed by atoms with van der Waals surface area (Å²) < 4.78 is 7.22. The second-order valence-electron chi connectivity index (χ2n) is 7.77. The van der Waals surface area contributed by atoms with E-state index in [2.05, 4.69) is 9.97 Å². The number of aromatic nitrogens is 3. The molecular weight excluding hydrogens is 394 g/mol. The first-order valence-electron chi connectivity index (χ1n) is 10.4. The summed E-state index contributed by atoms with van der Waals surface area (Å²) in [6, 6.07) is 13.7. The van der Waals surface area contributed by atoms with Crippen LogP contribution < -0.4 is 4.74 Å². The Morgan fingerprint density at radius 1 is 0.967 bits per heavy atom. The summed E-state index contributed by atoms with van der Waals surface area (Å²) in [6.45, 7) is 0. The van der Waals surface area contributed by atoms with Gasteiger partial charge in [-0.3, -0.25) is 9.97 Å². The molecule has 6 heteroatoms. The van der Waals surface area contributed by atoms with Crippen molar-refractivity contribution >= 4 is 21.6 Å². The summed E-state index contributed by atoms with van der Waals surface area (Å²) in [5.41, 5.74) is 2.84. The molecule has 4 aromatic rings. The van der Waals surface area contributed by atoms with Crippen LogP contribution in [0.5, 0.6) is 11.5 Å². The van der Waals surface area contributed by atoms with Gasteiger partial charge in [0.05, 0.1) is 27.0 Å². The van der Waals surface area contributed by atoms with Crippen molar-refractivity contribution in [2.24, 2.45) is 5.92 Å². The van der Waals surface area contributed by atoms with Crippen molar-refractivity contribution in [3.05, 3.63) is 66.1 Å². The Labute approximate surface area is 179 Å². The van der Waals surface area contributed by atoms with E-state index >= 15 is 0 Å². The smallest absolute Gasteiger partial charge is 0.131 e. The zero-order valence-electron chi connectivity index (χ0n) is 16.6. The first kappa shape index (κ1) is 19.2. The fourth-order valence-electron chi connectivity index (χ4n) is 4.05. The van der Waals surface area contributed by atoms with E-state index in [-0.39, 0.29) is 6.10 Å². The average Bonchev–Trinajstić information content (AvgIpc) is 3.18. The van der Waals surface area contributed by atoms with Crippen molar-refractivity contribution in [2.45, 2.75) is 38.2 Å². The number of thiazole rings is 1. The Bertz CT molecular complexity index is 1150. The van der Waals surface area contributed by atoms with Gasteiger partial charge in [-0.2, -0.15) is 0 Å². The number of pyridine rings is 2. The number of rotatable bonds is 5. The summed E-state index contributed by atoms with van der Waals surface area (Å²) in [5.74, 6) is 1.85. The molecule has 5 rings (SSSR count). The fourth-order valence-corrected chi connectivity index (χ4v) is 5.13. The van der Waals surface area contributed by atoms with Crippen LogP contribution in [0.3, 0.4) is 0 Å². The van der Waals surface area contributed by atoms with E-state index < -0.39 is 0 Å². The minimum Gasteiger partial charge on any atom is -0.457 e. The molecule has 2 atom stereocenters. The van der Waals surface area contributed by atoms with Gasteiger partial charge in [0.1, 0.15) is 11.5 Å². The molecule has 5 nitrogen and oxygen atoms in total. The second-order valence-corrected chi connectivity index (χ2v) is 8.88. The Morgan fingerprint density at radius 3 is 2.67 bits per heavy atom. The van der Waals surface area contributed by atoms with E-state index in [9.17, 15) is 5.11 Å². The van der Waals surface area contributed by atoms with Gasteiger partial charge >= 0.3 is 0 Å². The standard InChI is InChI=1S/C24H23N3O2S/c28-22-4-2-1-3-17(22)13-24-27-20-6-5-18(15-23(20)30-24)29-19-9-12-26-21(14-19)16-7-10-25-11-8-16/h5-12,14-15,17,22,28H,1-4,13H2/t17-,22+/m0/s1. The molecule has 30 heavy (non-hydrogen) atoms. The van der Waals surface area contributed by atoms with Crippen LogP contribution >= 0.6 is 11.3 Å². The Hall–Kier alpha value is -2.83. The van der Waals surface area contributed by atoms with Gasteiger partial charge in [0.2, 0.25) is 0 Å². The molecule has 1 saturated carbocycles. The molecule has 0 aliphatic heterocycles. The highest BCUT2D eigenvalue weighted by molar-refractivity contribution is 7.18. The zero-order chi connectivity index (χ0) is 20.3. The normalized spacial score (nSPS) is 19.1. The van der Waals surface area contributed by atoms with Crippen LogP contribution in [0.15, 0.2) is 61.1 Å². The lowest BCUT2D eigenvalue weighted by Crippen LogP contribution is -2.26. The summed E-state index contributed by atoms with van der Waals surface area (Å²) in [5, 5.41) is 11.4. The van der Waals surface area contributed by atoms with Crippen LogP contribution in [0.25, 0.3) is 21.5 Å². The van der Waals surface area contributed by atoms with Gasteiger partial charge in [0.25, 0.3) is 0 Å². The Balaban J connectivity index is 1.34. The van der Waals surface area contributed by atoms with E-state index in [0.29, 0.717) is 5.92 Å². The van der Waals surface area contributed by atoms with E-state index in [4.69, 9.17) is 9.72 Å². The van der Waals surface area contributed by atoms with Gasteiger partial charge in [-0.25, -0.2) is 4.98 Å². The molecule has 0 spiro atoms. The highest BCUT2D eigenvalue weighted by Gasteiger charge is 2.24. The minimum atomic E-state index is -0.189. The number of hydrogen-bond donors (Lipinski definition) is 1. The van der Waals surface area contributed by atoms with Crippen LogP contribution in [0.2, 0.25) is 0 Å². The predicted molar refractivity (Wildman–Crippen MR) is 119 cm³/mol. The minimum absolute atomic E-state index is 0.189. The third-order valence-electron chi connectivity index (χ3n) is 5.65. The van der Waals surface area contributed by atoms with Crippen molar-refractivity contribution in [3.63, 3.8) is 0 Å². The second kappa shape index (κ2) is 8.50. The number of hydrogen-bond acceptors (Lipinski definition) is 6. The summed E-state index contributed by atoms with van der Waals surface area (Å²) in [6.07, 6.45) is 10.3. The molecule has 0 radical (unpaired) electrons. The molecule has 152 valence electrons. The van der Waals surface area contributed by atoms with Gasteiger partial charge in [-0.1, -0.05) is 12.8 Å². The van der Waals surface area contributed by atoms with Crippen LogP contribution in [0.1, 0.15) is 30.7 Å². The van der Waals surface area contributed by atoms with E-state index in [1.54, 1.807) is 29.9 Å². The lowest BCUT2D eigenvalue weighted by molar-refractivity contribution is 0.0700. The van der Waals surface area contributed by atoms with Crippen LogP contribution in [0, 0.1) is 5.92 Å². The number of nitrogens with zero attached hydrogens (tertiary/aromatic N) is 3. The third kappa shape index (κ3) is 4.20. The van der Waals surface area contributed by atoms with Crippen molar-refractivity contribution < 1.29 is 9.84 Å². The number of ether oxygens (including phenoxy) is 1. The van der Waals surface area contributed by atoms with Crippen molar-refractivity contribution in [1.82, 2.24) is 15.0 Å². The van der Waals surface area contributed by atoms with E-state index in [1.165, 1.54) is 6.42 Å². The monoisotopic (exact) mass is 417 g/mol. The maximum Gasteiger partial charge on any atom is 0.131 e. The average molecular weight is 418 g/mol. The van der Waals surface area contributed by atoms with Gasteiger partial charge in [0.15, 0.2) is 0 Å². The molecule has 0 unspecified atom stereocenters. The molecule has 1 N–H and O–H groups in total. The summed E-state index contributed by atoms with van der Waals surface area (Å²) in [7, 11) is 0. The SMILES string of the molecule is O[C@@H]1CCCC[C@H]1Cc1nc2ccc(Oc3ccnc(-c4ccncc4)c3)cc2s1. The molecule has 0 saturated heterocycles. The molecule has 3 heterocycles. The zero-order valence-corrected chi connectivity index (χ0v) is 17.4. The maximum atomic E-state index is 10.3. The Kier molecular flexibility index (Phi) is 5.43. The molecule has 1 aliphatic rings. The molecule has 1 aromatic carbocycles. The van der Waals surface area contributed by atoms with Gasteiger partial charge < -0.3 is 9.84 Å². The molecular formula is C24H23N3O2S. The molecule has 1 fully saturated rings. The van der Waals surface area contributed by atoms with Crippen molar-refractivity contribution in [2.75, 3.05) is 0 Å². The van der Waals surface area contributed by atoms with Crippen molar-refractivity contribution in [3.8, 4) is 22.8 Å². The molecule has 3 aromatic heterocycles. The van der Waals surface area contributed by atoms with Gasteiger partial charge in [0, 0.05) is 42.7 Å². The van der Waals surface area contributed by atoms with E-state index in [0.717, 1.165) is 63.7 Å². The molecule has 0 amide bonds. The van der Waals surface area contributed by atoms with Crippen LogP contribution in [0.4, 0.5) is 0 Å². The quantitative estimate of drug-likeness (QED) is 0.455. The summed E-state index contributed by atoms with van der Waals surface area (Å²) >= 11 is 1.70. The van der Waals surface area contributed by atoms with Gasteiger partial charge in [-0.15, -0.1) is 11.3 Å². The van der Waals surface area contributed by atoms with Crippen LogP contribution in [-0.4, -0.2) is 26.2 Å². The van der Waals surface area contributed by atoms with Crippen LogP contribution in [-0.2, 0) is 6.42 Å². The first-order chi connectivity index (χ1) is 14.7. The molecule has 1 aliphatic carbocycles. The number of benzene rings is 1. The number of fused-ring (bicyclic) bond motifs is 1. The fraction of sp³-hybridized carbons (Fsp3) is 0.292. The number of aliphatic hydroxyl groups excluding tert-OH is 1. The lowest BCUT2D eigenvalue weighted by atomic mass is 9.84. The predicted octanol–water partition coefficient (Wildman–Crippen LogP) is 5.64. The number of aliphatic hydroxyl groups is 1. The molecule has 0 bridgehead atoms. The Morgan fingerprint density at radius 2 is 1.80 bits per heavy atom. The largest absolute Gasteiger partial charge is 0.457 e. The topological polar surface area (TPSA) is 68.1 Å². The van der Waals surface area contributed by atoms with Gasteiger partial charge in [-0.05, 0) is 49.1 Å². The lowest BCUT2D eigenvalue weighted by Gasteiger charge is -2.26. The maximum absolute atomic E-state index is 10.3. The van der Waals surface area contributed by atoms with E-state index in [1.807, 2.05) is 42.5 Å². The summed E-state index contributed by atoms with van der Waals surface area (Å²) in [4.78, 5) is 13.3. The highest BCUT2D eigenvalue weighted by Crippen LogP contribution is 2.33.